The Hall–Kier alpha value is -1.10. The van der Waals surface area contributed by atoms with Gasteiger partial charge in [0.25, 0.3) is 0 Å². The van der Waals surface area contributed by atoms with Crippen LogP contribution in [0.5, 0.6) is 0 Å². The predicted molar refractivity (Wildman–Crippen MR) is 41.9 cm³/mol. The van der Waals surface area contributed by atoms with Gasteiger partial charge in [-0.15, -0.1) is 4.91 Å². The zero-order valence-corrected chi connectivity index (χ0v) is 6.86. The number of nitroso groups, excluding NO2 is 1. The molecule has 0 saturated carbocycles. The van der Waals surface area contributed by atoms with Gasteiger partial charge < -0.3 is 0 Å². The van der Waals surface area contributed by atoms with Crippen molar-refractivity contribution in [3.05, 3.63) is 33.7 Å². The molecule has 0 saturated heterocycles. The van der Waals surface area contributed by atoms with Crippen LogP contribution < -0.4 is 0 Å². The van der Waals surface area contributed by atoms with E-state index >= 15 is 0 Å². The summed E-state index contributed by atoms with van der Waals surface area (Å²) in [5.74, 6) is 0. The molecule has 13 heavy (non-hydrogen) atoms. The summed E-state index contributed by atoms with van der Waals surface area (Å²) in [6.07, 6.45) is -4.48. The second-order valence-corrected chi connectivity index (χ2v) is 2.66. The molecule has 0 unspecified atom stereocenters. The van der Waals surface area contributed by atoms with E-state index in [9.17, 15) is 18.1 Å². The molecule has 0 aromatic heterocycles. The summed E-state index contributed by atoms with van der Waals surface area (Å²) in [5.41, 5.74) is -1.34. The number of benzene rings is 1. The van der Waals surface area contributed by atoms with Crippen molar-refractivity contribution in [1.82, 2.24) is 0 Å². The fraction of sp³-hybridized carbons (Fsp3) is 0.143. The quantitative estimate of drug-likeness (QED) is 0.648. The minimum absolute atomic E-state index is 0.0944. The SMILES string of the molecule is O=Nc1cc(C(F)(F)F)ccc1Cl. The third kappa shape index (κ3) is 2.18. The van der Waals surface area contributed by atoms with Crippen LogP contribution in [0.3, 0.4) is 0 Å². The Morgan fingerprint density at radius 2 is 1.92 bits per heavy atom. The van der Waals surface area contributed by atoms with Crippen LogP contribution in [0.2, 0.25) is 5.02 Å². The Balaban J connectivity index is 3.21. The van der Waals surface area contributed by atoms with Gasteiger partial charge in [0.15, 0.2) is 0 Å². The highest BCUT2D eigenvalue weighted by Gasteiger charge is 2.31. The largest absolute Gasteiger partial charge is 0.416 e. The molecule has 1 rings (SSSR count). The Morgan fingerprint density at radius 3 is 2.38 bits per heavy atom. The van der Waals surface area contributed by atoms with E-state index in [4.69, 9.17) is 11.6 Å². The van der Waals surface area contributed by atoms with Crippen LogP contribution in [0, 0.1) is 4.91 Å². The van der Waals surface area contributed by atoms with Gasteiger partial charge in [0.05, 0.1) is 10.6 Å². The minimum Gasteiger partial charge on any atom is -0.166 e. The molecule has 0 heterocycles. The maximum Gasteiger partial charge on any atom is 0.416 e. The summed E-state index contributed by atoms with van der Waals surface area (Å²) < 4.78 is 36.1. The van der Waals surface area contributed by atoms with Gasteiger partial charge in [-0.3, -0.25) is 0 Å². The highest BCUT2D eigenvalue weighted by Crippen LogP contribution is 2.34. The first-order valence-electron chi connectivity index (χ1n) is 3.15. The maximum absolute atomic E-state index is 12.0. The molecule has 0 radical (unpaired) electrons. The summed E-state index contributed by atoms with van der Waals surface area (Å²) in [4.78, 5) is 10.0. The Labute approximate surface area is 76.3 Å². The molecule has 0 aliphatic heterocycles. The van der Waals surface area contributed by atoms with Gasteiger partial charge in [-0.2, -0.15) is 13.2 Å². The van der Waals surface area contributed by atoms with Crippen molar-refractivity contribution >= 4 is 17.3 Å². The van der Waals surface area contributed by atoms with Crippen molar-refractivity contribution in [2.75, 3.05) is 0 Å². The van der Waals surface area contributed by atoms with Crippen LogP contribution in [-0.2, 0) is 6.18 Å². The molecule has 0 aliphatic carbocycles. The first kappa shape index (κ1) is 9.98. The topological polar surface area (TPSA) is 29.4 Å². The number of nitrogens with zero attached hydrogens (tertiary/aromatic N) is 1. The zero-order chi connectivity index (χ0) is 10.1. The van der Waals surface area contributed by atoms with Crippen LogP contribution in [0.1, 0.15) is 5.56 Å². The molecule has 6 heteroatoms. The van der Waals surface area contributed by atoms with Crippen LogP contribution in [0.4, 0.5) is 18.9 Å². The standard InChI is InChI=1S/C7H3ClF3NO/c8-5-2-1-4(7(9,10)11)3-6(5)12-13/h1-3H. The maximum atomic E-state index is 12.0. The van der Waals surface area contributed by atoms with Gasteiger partial charge >= 0.3 is 6.18 Å². The average Bonchev–Trinajstić information content (AvgIpc) is 2.03. The first-order chi connectivity index (χ1) is 5.95. The van der Waals surface area contributed by atoms with Gasteiger partial charge in [0.1, 0.15) is 5.69 Å². The molecule has 2 nitrogen and oxygen atoms in total. The zero-order valence-electron chi connectivity index (χ0n) is 6.10. The van der Waals surface area contributed by atoms with Crippen molar-refractivity contribution in [2.45, 2.75) is 6.18 Å². The molecular formula is C7H3ClF3NO. The van der Waals surface area contributed by atoms with E-state index in [1.807, 2.05) is 0 Å². The lowest BCUT2D eigenvalue weighted by Crippen LogP contribution is -2.03. The fourth-order valence-electron chi connectivity index (χ4n) is 0.759. The summed E-state index contributed by atoms with van der Waals surface area (Å²) in [5, 5.41) is 2.27. The fourth-order valence-corrected chi connectivity index (χ4v) is 0.911. The Kier molecular flexibility index (Phi) is 2.56. The lowest BCUT2D eigenvalue weighted by atomic mass is 10.2. The molecule has 1 aromatic carbocycles. The second kappa shape index (κ2) is 3.33. The number of hydrogen-bond acceptors (Lipinski definition) is 2. The van der Waals surface area contributed by atoms with Crippen molar-refractivity contribution in [1.29, 1.82) is 0 Å². The predicted octanol–water partition coefficient (Wildman–Crippen LogP) is 3.76. The minimum atomic E-state index is -4.48. The molecule has 0 spiro atoms. The molecule has 0 aliphatic rings. The summed E-state index contributed by atoms with van der Waals surface area (Å²) in [6.45, 7) is 0. The summed E-state index contributed by atoms with van der Waals surface area (Å²) in [6, 6.07) is 2.38. The van der Waals surface area contributed by atoms with E-state index in [-0.39, 0.29) is 5.02 Å². The molecule has 1 aromatic rings. The van der Waals surface area contributed by atoms with Crippen LogP contribution in [0.15, 0.2) is 23.4 Å². The average molecular weight is 210 g/mol. The lowest BCUT2D eigenvalue weighted by Gasteiger charge is -2.06. The molecule has 0 N–H and O–H groups in total. The monoisotopic (exact) mass is 209 g/mol. The molecule has 0 atom stereocenters. The Bertz CT molecular complexity index is 337. The highest BCUT2D eigenvalue weighted by atomic mass is 35.5. The molecule has 0 fully saturated rings. The van der Waals surface area contributed by atoms with E-state index in [1.54, 1.807) is 0 Å². The number of halogens is 4. The number of hydrogen-bond donors (Lipinski definition) is 0. The number of rotatable bonds is 1. The summed E-state index contributed by atoms with van der Waals surface area (Å²) >= 11 is 5.39. The van der Waals surface area contributed by atoms with Crippen LogP contribution >= 0.6 is 11.6 Å². The van der Waals surface area contributed by atoms with Crippen molar-refractivity contribution in [3.63, 3.8) is 0 Å². The van der Waals surface area contributed by atoms with Gasteiger partial charge in [-0.05, 0) is 23.4 Å². The van der Waals surface area contributed by atoms with Crippen molar-refractivity contribution in [2.24, 2.45) is 5.18 Å². The van der Waals surface area contributed by atoms with E-state index < -0.39 is 17.4 Å². The lowest BCUT2D eigenvalue weighted by molar-refractivity contribution is -0.137. The van der Waals surface area contributed by atoms with Crippen LogP contribution in [0.25, 0.3) is 0 Å². The first-order valence-corrected chi connectivity index (χ1v) is 3.53. The van der Waals surface area contributed by atoms with Gasteiger partial charge in [0.2, 0.25) is 0 Å². The van der Waals surface area contributed by atoms with Crippen molar-refractivity contribution < 1.29 is 13.2 Å². The molecule has 70 valence electrons. The Morgan fingerprint density at radius 1 is 1.31 bits per heavy atom. The molecule has 0 amide bonds. The van der Waals surface area contributed by atoms with E-state index in [0.29, 0.717) is 6.07 Å². The smallest absolute Gasteiger partial charge is 0.166 e. The highest BCUT2D eigenvalue weighted by molar-refractivity contribution is 6.32. The van der Waals surface area contributed by atoms with Gasteiger partial charge in [-0.25, -0.2) is 0 Å². The van der Waals surface area contributed by atoms with E-state index in [0.717, 1.165) is 12.1 Å². The van der Waals surface area contributed by atoms with E-state index in [1.165, 1.54) is 0 Å². The number of alkyl halides is 3. The molecule has 0 bridgehead atoms. The van der Waals surface area contributed by atoms with Gasteiger partial charge in [0, 0.05) is 0 Å². The van der Waals surface area contributed by atoms with Gasteiger partial charge in [-0.1, -0.05) is 11.6 Å². The third-order valence-corrected chi connectivity index (χ3v) is 1.69. The van der Waals surface area contributed by atoms with E-state index in [2.05, 4.69) is 5.18 Å². The normalized spacial score (nSPS) is 11.4. The third-order valence-electron chi connectivity index (χ3n) is 1.37. The van der Waals surface area contributed by atoms with Crippen LogP contribution in [-0.4, -0.2) is 0 Å². The summed E-state index contributed by atoms with van der Waals surface area (Å²) in [7, 11) is 0. The molecular weight excluding hydrogens is 207 g/mol. The second-order valence-electron chi connectivity index (χ2n) is 2.26. The van der Waals surface area contributed by atoms with Crippen molar-refractivity contribution in [3.8, 4) is 0 Å².